The van der Waals surface area contributed by atoms with Crippen LogP contribution in [0.4, 0.5) is 0 Å². The summed E-state index contributed by atoms with van der Waals surface area (Å²) in [5.74, 6) is 0.0157. The van der Waals surface area contributed by atoms with Crippen LogP contribution in [0.5, 0.6) is 0 Å². The van der Waals surface area contributed by atoms with Crippen LogP contribution in [0.15, 0.2) is 66.8 Å². The molecule has 1 amide bonds. The summed E-state index contributed by atoms with van der Waals surface area (Å²) in [6.07, 6.45) is 9.58. The fourth-order valence-electron chi connectivity index (χ4n) is 4.53. The van der Waals surface area contributed by atoms with E-state index in [2.05, 4.69) is 64.8 Å². The second-order valence-corrected chi connectivity index (χ2v) is 16.7. The molecule has 198 valence electrons. The van der Waals surface area contributed by atoms with Crippen LogP contribution in [0.3, 0.4) is 0 Å². The van der Waals surface area contributed by atoms with Crippen molar-refractivity contribution in [3.8, 4) is 0 Å². The largest absolute Gasteiger partial charge is 0.413 e. The summed E-state index contributed by atoms with van der Waals surface area (Å²) in [5.41, 5.74) is 1.55. The first-order chi connectivity index (χ1) is 16.8. The third kappa shape index (κ3) is 7.06. The molecule has 1 fully saturated rings. The van der Waals surface area contributed by atoms with Gasteiger partial charge < -0.3 is 19.2 Å². The maximum absolute atomic E-state index is 13.2. The quantitative estimate of drug-likeness (QED) is 0.263. The second kappa shape index (κ2) is 11.6. The zero-order chi connectivity index (χ0) is 26.6. The Labute approximate surface area is 219 Å². The van der Waals surface area contributed by atoms with Crippen molar-refractivity contribution in [2.45, 2.75) is 109 Å². The number of allylic oxidation sites excluding steroid dienone is 2. The lowest BCUT2D eigenvalue weighted by molar-refractivity contribution is -0.123. The van der Waals surface area contributed by atoms with E-state index in [1.807, 2.05) is 43.3 Å². The summed E-state index contributed by atoms with van der Waals surface area (Å²) in [6, 6.07) is 9.97. The Kier molecular flexibility index (Phi) is 9.20. The van der Waals surface area contributed by atoms with Crippen LogP contribution in [0.1, 0.15) is 72.2 Å². The lowest BCUT2D eigenvalue weighted by atomic mass is 9.90. The first kappa shape index (κ1) is 28.6. The number of hydrogen-bond donors (Lipinski definition) is 1. The number of nitrogens with one attached hydrogen (secondary N) is 1. The molecule has 3 rings (SSSR count). The van der Waals surface area contributed by atoms with Crippen LogP contribution in [-0.2, 0) is 18.7 Å². The van der Waals surface area contributed by atoms with Gasteiger partial charge in [0.2, 0.25) is 5.91 Å². The molecule has 0 saturated carbocycles. The molecule has 2 aliphatic rings. The molecule has 1 saturated heterocycles. The van der Waals surface area contributed by atoms with E-state index < -0.39 is 20.2 Å². The Hall–Kier alpha value is -1.99. The summed E-state index contributed by atoms with van der Waals surface area (Å²) in [5, 5.41) is 3.29. The number of carbonyl (C=O) groups excluding carboxylic acids is 1. The Morgan fingerprint density at radius 3 is 2.58 bits per heavy atom. The normalized spacial score (nSPS) is 31.5. The van der Waals surface area contributed by atoms with E-state index in [4.69, 9.17) is 13.9 Å². The minimum absolute atomic E-state index is 0.0157. The monoisotopic (exact) mass is 511 g/mol. The van der Waals surface area contributed by atoms with Gasteiger partial charge in [0.1, 0.15) is 6.10 Å². The number of carbonyl (C=O) groups is 1. The van der Waals surface area contributed by atoms with Gasteiger partial charge in [-0.1, -0.05) is 87.6 Å². The molecule has 0 spiro atoms. The highest BCUT2D eigenvalue weighted by molar-refractivity contribution is 6.74. The number of ether oxygens (including phenoxy) is 2. The van der Waals surface area contributed by atoms with Gasteiger partial charge in [-0.2, -0.15) is 0 Å². The van der Waals surface area contributed by atoms with Crippen LogP contribution in [-0.4, -0.2) is 38.1 Å². The maximum atomic E-state index is 13.2. The highest BCUT2D eigenvalue weighted by Crippen LogP contribution is 2.43. The highest BCUT2D eigenvalue weighted by atomic mass is 28.4. The molecule has 0 aliphatic carbocycles. The molecule has 0 radical (unpaired) electrons. The lowest BCUT2D eigenvalue weighted by Gasteiger charge is -2.40. The molecule has 36 heavy (non-hydrogen) atoms. The van der Waals surface area contributed by atoms with E-state index in [1.165, 1.54) is 0 Å². The first-order valence-corrected chi connectivity index (χ1v) is 16.1. The Morgan fingerprint density at radius 2 is 1.94 bits per heavy atom. The molecule has 1 N–H and O–H groups in total. The number of amides is 1. The molecule has 2 aliphatic heterocycles. The van der Waals surface area contributed by atoms with Crippen molar-refractivity contribution < 1.29 is 18.7 Å². The molecule has 2 heterocycles. The summed E-state index contributed by atoms with van der Waals surface area (Å²) >= 11 is 0. The smallest absolute Gasteiger partial charge is 0.223 e. The van der Waals surface area contributed by atoms with Crippen LogP contribution < -0.4 is 5.32 Å². The van der Waals surface area contributed by atoms with E-state index in [0.29, 0.717) is 12.8 Å². The molecule has 6 heteroatoms. The molecule has 1 aromatic carbocycles. The predicted molar refractivity (Wildman–Crippen MR) is 149 cm³/mol. The number of fused-ring (bicyclic) bond motifs is 1. The average Bonchev–Trinajstić information content (AvgIpc) is 3.12. The van der Waals surface area contributed by atoms with Gasteiger partial charge in [0, 0.05) is 5.56 Å². The standard InChI is InChI=1S/C30H45NO4Si/c1-9-14-22(2)25-17-13-18-26-30(6,34-28(33-26)23-15-11-10-12-16-23)20-19-24(21-27(32)31-25)35-36(7,8)29(3,4)5/h9-16,18,24-26,28H,1,17,19-21H2,2-8H3,(H,31,32)/b18-13+,22-14+/t24?,25-,26-,28-,30+/m0/s1. The number of rotatable bonds is 5. The molecule has 1 aromatic rings. The fourth-order valence-corrected chi connectivity index (χ4v) is 5.91. The summed E-state index contributed by atoms with van der Waals surface area (Å²) in [7, 11) is -2.08. The van der Waals surface area contributed by atoms with Crippen LogP contribution >= 0.6 is 0 Å². The molecule has 0 bridgehead atoms. The van der Waals surface area contributed by atoms with Crippen molar-refractivity contribution in [3.63, 3.8) is 0 Å². The number of hydrogen-bond acceptors (Lipinski definition) is 4. The van der Waals surface area contributed by atoms with Gasteiger partial charge in [-0.3, -0.25) is 4.79 Å². The van der Waals surface area contributed by atoms with Crippen molar-refractivity contribution >= 4 is 14.2 Å². The number of benzene rings is 1. The summed E-state index contributed by atoms with van der Waals surface area (Å²) in [4.78, 5) is 13.2. The average molecular weight is 512 g/mol. The van der Waals surface area contributed by atoms with Gasteiger partial charge in [0.05, 0.1) is 24.2 Å². The third-order valence-electron chi connectivity index (χ3n) is 7.91. The SMILES string of the molecule is C=C/C=C(\C)[C@@H]1C/C=C/[C@@H]2O[C@H](c3ccccc3)O[C@]2(C)CCC(O[Si](C)(C)C(C)(C)C)CC(=O)N1. The van der Waals surface area contributed by atoms with E-state index in [0.717, 1.165) is 24.0 Å². The minimum atomic E-state index is -2.08. The zero-order valence-corrected chi connectivity index (χ0v) is 24.2. The van der Waals surface area contributed by atoms with Crippen molar-refractivity contribution in [3.05, 3.63) is 72.4 Å². The van der Waals surface area contributed by atoms with E-state index in [9.17, 15) is 4.79 Å². The molecule has 5 atom stereocenters. The van der Waals surface area contributed by atoms with Crippen molar-refractivity contribution in [1.29, 1.82) is 0 Å². The summed E-state index contributed by atoms with van der Waals surface area (Å²) < 4.78 is 19.8. The van der Waals surface area contributed by atoms with Gasteiger partial charge in [-0.15, -0.1) is 0 Å². The second-order valence-electron chi connectivity index (χ2n) is 11.9. The lowest BCUT2D eigenvalue weighted by Crippen LogP contribution is -2.47. The summed E-state index contributed by atoms with van der Waals surface area (Å²) in [6.45, 7) is 19.2. The zero-order valence-electron chi connectivity index (χ0n) is 23.2. The van der Waals surface area contributed by atoms with Gasteiger partial charge in [0.15, 0.2) is 14.6 Å². The molecule has 1 unspecified atom stereocenters. The van der Waals surface area contributed by atoms with Gasteiger partial charge in [-0.05, 0) is 51.2 Å². The van der Waals surface area contributed by atoms with E-state index in [1.54, 1.807) is 6.08 Å². The van der Waals surface area contributed by atoms with Gasteiger partial charge in [-0.25, -0.2) is 0 Å². The predicted octanol–water partition coefficient (Wildman–Crippen LogP) is 7.00. The highest BCUT2D eigenvalue weighted by Gasteiger charge is 2.46. The fraction of sp³-hybridized carbons (Fsp3) is 0.567. The third-order valence-corrected chi connectivity index (χ3v) is 12.4. The van der Waals surface area contributed by atoms with Crippen molar-refractivity contribution in [2.75, 3.05) is 0 Å². The van der Waals surface area contributed by atoms with E-state index in [-0.39, 0.29) is 29.2 Å². The van der Waals surface area contributed by atoms with Crippen LogP contribution in [0.25, 0.3) is 0 Å². The van der Waals surface area contributed by atoms with Gasteiger partial charge in [0.25, 0.3) is 0 Å². The van der Waals surface area contributed by atoms with Gasteiger partial charge >= 0.3 is 0 Å². The molecule has 5 nitrogen and oxygen atoms in total. The Balaban J connectivity index is 1.92. The Bertz CT molecular complexity index is 965. The van der Waals surface area contributed by atoms with E-state index >= 15 is 0 Å². The minimum Gasteiger partial charge on any atom is -0.413 e. The topological polar surface area (TPSA) is 56.8 Å². The van der Waals surface area contributed by atoms with Crippen LogP contribution in [0, 0.1) is 0 Å². The Morgan fingerprint density at radius 1 is 1.25 bits per heavy atom. The van der Waals surface area contributed by atoms with Crippen molar-refractivity contribution in [1.82, 2.24) is 5.32 Å². The van der Waals surface area contributed by atoms with Crippen molar-refractivity contribution in [2.24, 2.45) is 0 Å². The first-order valence-electron chi connectivity index (χ1n) is 13.2. The molecule has 0 aromatic heterocycles. The van der Waals surface area contributed by atoms with Crippen LogP contribution in [0.2, 0.25) is 18.1 Å². The molecular formula is C30H45NO4Si. The molecular weight excluding hydrogens is 466 g/mol. The maximum Gasteiger partial charge on any atom is 0.223 e.